The fourth-order valence-electron chi connectivity index (χ4n) is 6.13. The zero-order chi connectivity index (χ0) is 47.1. The summed E-state index contributed by atoms with van der Waals surface area (Å²) >= 11 is 0. The predicted octanol–water partition coefficient (Wildman–Crippen LogP) is 8.43. The molecule has 0 bridgehead atoms. The Balaban J connectivity index is 2.67. The molecule has 0 heterocycles. The summed E-state index contributed by atoms with van der Waals surface area (Å²) in [5.41, 5.74) is 1.54. The minimum absolute atomic E-state index is 0.0394. The Hall–Kier alpha value is -6.05. The Morgan fingerprint density at radius 3 is 1.68 bits per heavy atom. The molecule has 13 nitrogen and oxygen atoms in total. The van der Waals surface area contributed by atoms with Crippen molar-refractivity contribution in [2.75, 3.05) is 47.3 Å². The van der Waals surface area contributed by atoms with Gasteiger partial charge < -0.3 is 33.2 Å². The van der Waals surface area contributed by atoms with E-state index < -0.39 is 80.5 Å². The SMILES string of the molecule is C=C(C)C(=O)OCCCc1cc(-c2ccc(CCCCCCC)cc2F)c(CC)cc1OCC(COC(=O)CC(=C)C(=O)OC)(COC(=O)CC(=C)C(=O)OC)COC(=O)C(=C)C. The lowest BCUT2D eigenvalue weighted by Crippen LogP contribution is -2.44. The highest BCUT2D eigenvalue weighted by atomic mass is 19.1. The molecule has 2 rings (SSSR count). The molecule has 0 amide bonds. The molecule has 344 valence electrons. The molecule has 0 spiro atoms. The van der Waals surface area contributed by atoms with Crippen LogP contribution >= 0.6 is 0 Å². The first-order valence-electron chi connectivity index (χ1n) is 21.0. The smallest absolute Gasteiger partial charge is 0.333 e. The lowest BCUT2D eigenvalue weighted by molar-refractivity contribution is -0.163. The maximum Gasteiger partial charge on any atom is 0.333 e. The van der Waals surface area contributed by atoms with E-state index in [1.165, 1.54) is 20.3 Å². The van der Waals surface area contributed by atoms with Gasteiger partial charge >= 0.3 is 35.8 Å². The number of esters is 6. The van der Waals surface area contributed by atoms with Crippen LogP contribution in [-0.2, 0) is 76.5 Å². The number of carbonyl (C=O) groups excluding carboxylic acids is 6. The summed E-state index contributed by atoms with van der Waals surface area (Å²) < 4.78 is 53.8. The molecular weight excluding hydrogens is 816 g/mol. The summed E-state index contributed by atoms with van der Waals surface area (Å²) in [6.45, 7) is 19.3. The number of rotatable bonds is 29. The van der Waals surface area contributed by atoms with Crippen LogP contribution < -0.4 is 4.74 Å². The highest BCUT2D eigenvalue weighted by molar-refractivity contribution is 5.94. The molecule has 2 aromatic carbocycles. The first kappa shape index (κ1) is 53.1. The van der Waals surface area contributed by atoms with E-state index in [0.29, 0.717) is 41.7 Å². The number of unbranched alkanes of at least 4 members (excludes halogenated alkanes) is 4. The van der Waals surface area contributed by atoms with Gasteiger partial charge in [0.15, 0.2) is 0 Å². The van der Waals surface area contributed by atoms with Crippen LogP contribution in [0.5, 0.6) is 5.75 Å². The highest BCUT2D eigenvalue weighted by Gasteiger charge is 2.38. The van der Waals surface area contributed by atoms with E-state index in [-0.39, 0.29) is 34.7 Å². The molecule has 63 heavy (non-hydrogen) atoms. The summed E-state index contributed by atoms with van der Waals surface area (Å²) in [7, 11) is 2.26. The molecule has 0 aliphatic carbocycles. The molecule has 0 aromatic heterocycles. The molecular formula is C49H63FO13. The topological polar surface area (TPSA) is 167 Å². The second-order valence-corrected chi connectivity index (χ2v) is 15.5. The van der Waals surface area contributed by atoms with Crippen molar-refractivity contribution in [3.05, 3.63) is 101 Å². The standard InChI is InChI=1S/C49H63FO13/c1-11-13-14-15-16-18-36-20-21-39(41(50)25-36)40-26-38(19-17-22-59-45(53)32(3)4)42(27-37(40)12-2)60-28-49(31-63-46(54)33(5)6,29-61-43(51)23-34(7)47(55)57-9)30-62-44(52)24-35(8)48(56)58-10/h20-21,25-27H,3,5,7-8,11-19,22-24,28-31H2,1-2,4,6,9-10H3. The number of methoxy groups -OCH3 is 2. The number of hydrogen-bond acceptors (Lipinski definition) is 13. The maximum absolute atomic E-state index is 16.0. The van der Waals surface area contributed by atoms with Gasteiger partial charge in [0.1, 0.15) is 43.4 Å². The highest BCUT2D eigenvalue weighted by Crippen LogP contribution is 2.36. The molecule has 0 atom stereocenters. The summed E-state index contributed by atoms with van der Waals surface area (Å²) in [6, 6.07) is 8.85. The van der Waals surface area contributed by atoms with Gasteiger partial charge in [0.05, 0.1) is 33.7 Å². The van der Waals surface area contributed by atoms with Gasteiger partial charge in [-0.3, -0.25) is 9.59 Å². The van der Waals surface area contributed by atoms with Crippen molar-refractivity contribution < 1.29 is 66.3 Å². The summed E-state index contributed by atoms with van der Waals surface area (Å²) in [6.07, 6.45) is 6.23. The van der Waals surface area contributed by atoms with Crippen LogP contribution in [-0.4, -0.2) is 83.1 Å². The first-order valence-corrected chi connectivity index (χ1v) is 21.0. The van der Waals surface area contributed by atoms with Crippen LogP contribution in [0, 0.1) is 11.2 Å². The Bertz CT molecular complexity index is 1950. The Morgan fingerprint density at radius 2 is 1.16 bits per heavy atom. The second kappa shape index (κ2) is 27.1. The third kappa shape index (κ3) is 18.1. The van der Waals surface area contributed by atoms with Gasteiger partial charge in [-0.2, -0.15) is 0 Å². The van der Waals surface area contributed by atoms with Crippen molar-refractivity contribution in [1.29, 1.82) is 0 Å². The number of aryl methyl sites for hydroxylation is 3. The Kier molecular flexibility index (Phi) is 22.8. The lowest BCUT2D eigenvalue weighted by Gasteiger charge is -2.32. The van der Waals surface area contributed by atoms with Crippen LogP contribution in [0.15, 0.2) is 78.9 Å². The zero-order valence-corrected chi connectivity index (χ0v) is 37.7. The Morgan fingerprint density at radius 1 is 0.603 bits per heavy atom. The fourth-order valence-corrected chi connectivity index (χ4v) is 6.13. The van der Waals surface area contributed by atoms with E-state index in [1.807, 2.05) is 19.1 Å². The minimum atomic E-state index is -1.62. The van der Waals surface area contributed by atoms with Crippen LogP contribution in [0.25, 0.3) is 11.1 Å². The van der Waals surface area contributed by atoms with E-state index in [0.717, 1.165) is 57.5 Å². The van der Waals surface area contributed by atoms with Crippen molar-refractivity contribution in [3.8, 4) is 16.9 Å². The number of benzene rings is 2. The van der Waals surface area contributed by atoms with Gasteiger partial charge in [0.2, 0.25) is 0 Å². The Labute approximate surface area is 370 Å². The molecule has 14 heteroatoms. The minimum Gasteiger partial charge on any atom is -0.492 e. The van der Waals surface area contributed by atoms with Crippen molar-refractivity contribution in [2.24, 2.45) is 5.41 Å². The number of halogens is 1. The molecule has 0 unspecified atom stereocenters. The van der Waals surface area contributed by atoms with E-state index >= 15 is 4.39 Å². The van der Waals surface area contributed by atoms with Crippen LogP contribution in [0.1, 0.15) is 95.8 Å². The molecule has 0 fully saturated rings. The van der Waals surface area contributed by atoms with Gasteiger partial charge in [-0.1, -0.05) is 78.0 Å². The van der Waals surface area contributed by atoms with Gasteiger partial charge in [0.25, 0.3) is 0 Å². The quantitative estimate of drug-likeness (QED) is 0.0331. The fraction of sp³-hybridized carbons (Fsp3) is 0.469. The number of hydrogen-bond donors (Lipinski definition) is 0. The van der Waals surface area contributed by atoms with Crippen LogP contribution in [0.3, 0.4) is 0 Å². The summed E-state index contributed by atoms with van der Waals surface area (Å²) in [5, 5.41) is 0. The monoisotopic (exact) mass is 878 g/mol. The summed E-state index contributed by atoms with van der Waals surface area (Å²) in [5.74, 6) is -4.89. The second-order valence-electron chi connectivity index (χ2n) is 15.5. The molecule has 0 aliphatic rings. The van der Waals surface area contributed by atoms with Crippen molar-refractivity contribution in [2.45, 2.75) is 98.3 Å². The van der Waals surface area contributed by atoms with Gasteiger partial charge in [-0.05, 0) is 86.4 Å². The van der Waals surface area contributed by atoms with Crippen molar-refractivity contribution >= 4 is 35.8 Å². The molecule has 0 radical (unpaired) electrons. The number of ether oxygens (including phenoxy) is 7. The van der Waals surface area contributed by atoms with E-state index in [9.17, 15) is 28.8 Å². The van der Waals surface area contributed by atoms with E-state index in [2.05, 4.69) is 42.7 Å². The van der Waals surface area contributed by atoms with E-state index in [1.54, 1.807) is 18.2 Å². The third-order valence-corrected chi connectivity index (χ3v) is 9.87. The van der Waals surface area contributed by atoms with Gasteiger partial charge in [-0.25, -0.2) is 23.6 Å². The normalized spacial score (nSPS) is 10.8. The molecule has 0 saturated carbocycles. The first-order chi connectivity index (χ1) is 29.9. The maximum atomic E-state index is 16.0. The molecule has 0 N–H and O–H groups in total. The zero-order valence-electron chi connectivity index (χ0n) is 37.7. The van der Waals surface area contributed by atoms with Crippen molar-refractivity contribution in [3.63, 3.8) is 0 Å². The molecule has 2 aromatic rings. The molecule has 0 saturated heterocycles. The van der Waals surface area contributed by atoms with Gasteiger partial charge in [-0.15, -0.1) is 0 Å². The van der Waals surface area contributed by atoms with Gasteiger partial charge in [0, 0.05) is 27.9 Å². The molecule has 0 aliphatic heterocycles. The lowest BCUT2D eigenvalue weighted by atomic mass is 9.91. The average Bonchev–Trinajstić information content (AvgIpc) is 3.26. The van der Waals surface area contributed by atoms with Crippen molar-refractivity contribution in [1.82, 2.24) is 0 Å². The van der Waals surface area contributed by atoms with Crippen LogP contribution in [0.2, 0.25) is 0 Å². The third-order valence-electron chi connectivity index (χ3n) is 9.87. The largest absolute Gasteiger partial charge is 0.492 e. The summed E-state index contributed by atoms with van der Waals surface area (Å²) in [4.78, 5) is 74.9. The van der Waals surface area contributed by atoms with Crippen LogP contribution in [0.4, 0.5) is 4.39 Å². The predicted molar refractivity (Wildman–Crippen MR) is 235 cm³/mol. The average molecular weight is 879 g/mol. The van der Waals surface area contributed by atoms with E-state index in [4.69, 9.17) is 23.7 Å². The number of carbonyl (C=O) groups is 6.